The molecule has 0 fully saturated rings. The second kappa shape index (κ2) is 10.0. The van der Waals surface area contributed by atoms with Gasteiger partial charge in [-0.2, -0.15) is 4.98 Å². The topological polar surface area (TPSA) is 97.9 Å². The van der Waals surface area contributed by atoms with Gasteiger partial charge in [-0.05, 0) is 30.2 Å². The van der Waals surface area contributed by atoms with Crippen LogP contribution in [0.1, 0.15) is 16.7 Å². The van der Waals surface area contributed by atoms with Crippen molar-refractivity contribution in [1.29, 1.82) is 0 Å². The fourth-order valence-corrected chi connectivity index (χ4v) is 3.56. The fraction of sp³-hybridized carbons (Fsp3) is 0.111. The van der Waals surface area contributed by atoms with Gasteiger partial charge in [-0.15, -0.1) is 0 Å². The van der Waals surface area contributed by atoms with Crippen molar-refractivity contribution in [3.05, 3.63) is 108 Å². The molecule has 5 aromatic rings. The average Bonchev–Trinajstić information content (AvgIpc) is 3.55. The summed E-state index contributed by atoms with van der Waals surface area (Å²) in [6, 6.07) is 25.2. The molecule has 3 aromatic carbocycles. The maximum atomic E-state index is 12.2. The zero-order valence-electron chi connectivity index (χ0n) is 19.2. The van der Waals surface area contributed by atoms with Gasteiger partial charge < -0.3 is 19.7 Å². The lowest BCUT2D eigenvalue weighted by molar-refractivity contribution is 0.251. The number of carbonyl (C=O) groups is 1. The van der Waals surface area contributed by atoms with Crippen molar-refractivity contribution in [3.63, 3.8) is 0 Å². The van der Waals surface area contributed by atoms with Crippen LogP contribution in [0.2, 0.25) is 0 Å². The van der Waals surface area contributed by atoms with E-state index < -0.39 is 0 Å². The van der Waals surface area contributed by atoms with Crippen molar-refractivity contribution in [1.82, 2.24) is 25.0 Å². The minimum atomic E-state index is -0.245. The van der Waals surface area contributed by atoms with Crippen molar-refractivity contribution >= 4 is 11.7 Å². The van der Waals surface area contributed by atoms with Gasteiger partial charge in [0.25, 0.3) is 5.89 Å². The molecule has 0 unspecified atom stereocenters. The van der Waals surface area contributed by atoms with Gasteiger partial charge in [-0.1, -0.05) is 77.5 Å². The van der Waals surface area contributed by atoms with Crippen molar-refractivity contribution in [2.24, 2.45) is 0 Å². The summed E-state index contributed by atoms with van der Waals surface area (Å²) in [7, 11) is 0. The van der Waals surface area contributed by atoms with E-state index in [1.165, 1.54) is 5.56 Å². The Balaban J connectivity index is 1.17. The Bertz CT molecular complexity index is 1410. The summed E-state index contributed by atoms with van der Waals surface area (Å²) in [6.07, 6.45) is 3.60. The molecule has 8 nitrogen and oxygen atoms in total. The molecular formula is C27H24N6O2. The van der Waals surface area contributed by atoms with E-state index in [1.54, 1.807) is 6.33 Å². The van der Waals surface area contributed by atoms with Gasteiger partial charge in [0.05, 0.1) is 6.33 Å². The van der Waals surface area contributed by atoms with Gasteiger partial charge in [0.15, 0.2) is 0 Å². The first-order valence-corrected chi connectivity index (χ1v) is 11.2. The van der Waals surface area contributed by atoms with E-state index in [4.69, 9.17) is 4.52 Å². The third kappa shape index (κ3) is 5.62. The third-order valence-electron chi connectivity index (χ3n) is 5.46. The van der Waals surface area contributed by atoms with Gasteiger partial charge in [-0.3, -0.25) is 0 Å². The number of aryl methyl sites for hydroxylation is 1. The summed E-state index contributed by atoms with van der Waals surface area (Å²) in [5.74, 6) is 0.908. The number of nitrogens with one attached hydrogen (secondary N) is 2. The normalized spacial score (nSPS) is 10.8. The number of aromatic nitrogens is 4. The number of anilines is 1. The minimum absolute atomic E-state index is 0.245. The molecule has 2 amide bonds. The summed E-state index contributed by atoms with van der Waals surface area (Å²) in [5.41, 5.74) is 5.52. The molecule has 2 aromatic heterocycles. The Hall–Kier alpha value is -4.72. The molecule has 2 heterocycles. The zero-order chi connectivity index (χ0) is 24.0. The van der Waals surface area contributed by atoms with Gasteiger partial charge in [-0.25, -0.2) is 9.78 Å². The van der Waals surface area contributed by atoms with E-state index in [1.807, 2.05) is 96.6 Å². The number of carbonyl (C=O) groups excluding carboxylic acids is 1. The van der Waals surface area contributed by atoms with Crippen molar-refractivity contribution in [3.8, 4) is 23.0 Å². The van der Waals surface area contributed by atoms with E-state index in [-0.39, 0.29) is 6.03 Å². The number of amides is 2. The second-order valence-corrected chi connectivity index (χ2v) is 8.21. The third-order valence-corrected chi connectivity index (χ3v) is 5.46. The Morgan fingerprint density at radius 3 is 2.49 bits per heavy atom. The predicted molar refractivity (Wildman–Crippen MR) is 134 cm³/mol. The van der Waals surface area contributed by atoms with Gasteiger partial charge in [0, 0.05) is 30.5 Å². The van der Waals surface area contributed by atoms with Crippen LogP contribution in [0.5, 0.6) is 0 Å². The monoisotopic (exact) mass is 464 g/mol. The first kappa shape index (κ1) is 22.1. The minimum Gasteiger partial charge on any atom is -0.334 e. The molecule has 5 rings (SSSR count). The van der Waals surface area contributed by atoms with Crippen LogP contribution in [0, 0.1) is 6.92 Å². The molecule has 0 spiro atoms. The largest absolute Gasteiger partial charge is 0.334 e. The molecule has 0 aliphatic heterocycles. The Morgan fingerprint density at radius 1 is 0.943 bits per heavy atom. The molecule has 0 aliphatic rings. The maximum Gasteiger partial charge on any atom is 0.319 e. The lowest BCUT2D eigenvalue weighted by Crippen LogP contribution is -2.28. The van der Waals surface area contributed by atoms with Crippen LogP contribution in [0.4, 0.5) is 10.5 Å². The van der Waals surface area contributed by atoms with Crippen LogP contribution >= 0.6 is 0 Å². The van der Waals surface area contributed by atoms with Crippen molar-refractivity contribution in [2.75, 3.05) is 5.32 Å². The highest BCUT2D eigenvalue weighted by Crippen LogP contribution is 2.21. The van der Waals surface area contributed by atoms with Crippen LogP contribution < -0.4 is 10.6 Å². The first-order valence-electron chi connectivity index (χ1n) is 11.2. The molecule has 0 radical (unpaired) electrons. The summed E-state index contributed by atoms with van der Waals surface area (Å²) in [6.45, 7) is 3.12. The molecule has 0 saturated carbocycles. The van der Waals surface area contributed by atoms with Crippen molar-refractivity contribution < 1.29 is 9.32 Å². The number of benzene rings is 3. The van der Waals surface area contributed by atoms with Crippen LogP contribution in [-0.2, 0) is 13.1 Å². The number of rotatable bonds is 7. The van der Waals surface area contributed by atoms with Gasteiger partial charge in [0.2, 0.25) is 5.82 Å². The standard InChI is InChI=1S/C27H24N6O2/c1-19-7-11-22(12-8-19)25-31-26(35-32-25)24-17-33(18-29-24)16-21-9-13-23(14-10-21)30-27(34)28-15-20-5-3-2-4-6-20/h2-14,17-18H,15-16H2,1H3,(H2,28,30,34). The summed E-state index contributed by atoms with van der Waals surface area (Å²) >= 11 is 0. The Morgan fingerprint density at radius 2 is 1.71 bits per heavy atom. The fourth-order valence-electron chi connectivity index (χ4n) is 3.56. The molecule has 2 N–H and O–H groups in total. The van der Waals surface area contributed by atoms with E-state index in [0.29, 0.717) is 30.5 Å². The Labute approximate surface area is 202 Å². The number of imidazole rings is 1. The lowest BCUT2D eigenvalue weighted by atomic mass is 10.1. The molecule has 8 heteroatoms. The van der Waals surface area contributed by atoms with E-state index in [2.05, 4.69) is 25.8 Å². The van der Waals surface area contributed by atoms with Gasteiger partial charge in [0.1, 0.15) is 5.69 Å². The van der Waals surface area contributed by atoms with E-state index in [9.17, 15) is 4.79 Å². The molecule has 0 atom stereocenters. The smallest absolute Gasteiger partial charge is 0.319 e. The SMILES string of the molecule is Cc1ccc(-c2noc(-c3cn(Cc4ccc(NC(=O)NCc5ccccc5)cc4)cn3)n2)cc1. The Kier molecular flexibility index (Phi) is 6.34. The second-order valence-electron chi connectivity index (χ2n) is 8.21. The highest BCUT2D eigenvalue weighted by Gasteiger charge is 2.13. The number of hydrogen-bond donors (Lipinski definition) is 2. The molecule has 0 saturated heterocycles. The quantitative estimate of drug-likeness (QED) is 0.342. The van der Waals surface area contributed by atoms with E-state index in [0.717, 1.165) is 22.4 Å². The van der Waals surface area contributed by atoms with Crippen LogP contribution in [-0.4, -0.2) is 25.7 Å². The van der Waals surface area contributed by atoms with Crippen LogP contribution in [0.25, 0.3) is 23.0 Å². The number of nitrogens with zero attached hydrogens (tertiary/aromatic N) is 4. The average molecular weight is 465 g/mol. The predicted octanol–water partition coefficient (Wildman–Crippen LogP) is 5.28. The summed E-state index contributed by atoms with van der Waals surface area (Å²) < 4.78 is 7.36. The van der Waals surface area contributed by atoms with Crippen molar-refractivity contribution in [2.45, 2.75) is 20.0 Å². The van der Waals surface area contributed by atoms with Gasteiger partial charge >= 0.3 is 6.03 Å². The lowest BCUT2D eigenvalue weighted by Gasteiger charge is -2.09. The number of hydrogen-bond acceptors (Lipinski definition) is 5. The number of urea groups is 1. The molecule has 174 valence electrons. The highest BCUT2D eigenvalue weighted by molar-refractivity contribution is 5.89. The molecular weight excluding hydrogens is 440 g/mol. The molecule has 0 aliphatic carbocycles. The zero-order valence-corrected chi connectivity index (χ0v) is 19.2. The summed E-state index contributed by atoms with van der Waals surface area (Å²) in [5, 5.41) is 9.78. The van der Waals surface area contributed by atoms with E-state index >= 15 is 0 Å². The van der Waals surface area contributed by atoms with Crippen LogP contribution in [0.15, 0.2) is 95.9 Å². The maximum absolute atomic E-state index is 12.2. The van der Waals surface area contributed by atoms with Crippen LogP contribution in [0.3, 0.4) is 0 Å². The highest BCUT2D eigenvalue weighted by atomic mass is 16.5. The first-order chi connectivity index (χ1) is 17.1. The summed E-state index contributed by atoms with van der Waals surface area (Å²) in [4.78, 5) is 21.0. The molecule has 0 bridgehead atoms. The molecule has 35 heavy (non-hydrogen) atoms.